The molecule has 0 radical (unpaired) electrons. The molecule has 0 aliphatic carbocycles. The molecule has 2 aromatic rings. The molecule has 0 atom stereocenters. The van der Waals surface area contributed by atoms with E-state index in [0.717, 1.165) is 68.7 Å². The number of guanidine groups is 1. The summed E-state index contributed by atoms with van der Waals surface area (Å²) >= 11 is 6.35. The number of fused-ring (bicyclic) bond motifs is 1. The Morgan fingerprint density at radius 1 is 1.19 bits per heavy atom. The lowest BCUT2D eigenvalue weighted by Gasteiger charge is -2.36. The number of hydrogen-bond acceptors (Lipinski definition) is 6. The summed E-state index contributed by atoms with van der Waals surface area (Å²) in [5.41, 5.74) is 2.07. The number of ether oxygens (including phenoxy) is 2. The van der Waals surface area contributed by atoms with Crippen LogP contribution in [-0.4, -0.2) is 73.4 Å². The van der Waals surface area contributed by atoms with Gasteiger partial charge in [-0.1, -0.05) is 16.8 Å². The highest BCUT2D eigenvalue weighted by molar-refractivity contribution is 14.0. The maximum absolute atomic E-state index is 6.35. The molecule has 2 aliphatic heterocycles. The third kappa shape index (κ3) is 6.39. The molecule has 1 fully saturated rings. The number of hydrogen-bond donors (Lipinski definition) is 1. The Kier molecular flexibility index (Phi) is 9.09. The monoisotopic (exact) mass is 561 g/mol. The summed E-state index contributed by atoms with van der Waals surface area (Å²) in [5, 5.41) is 8.02. The second-order valence-electron chi connectivity index (χ2n) is 7.34. The van der Waals surface area contributed by atoms with Crippen molar-refractivity contribution in [2.45, 2.75) is 19.9 Å². The Hall–Kier alpha value is -1.72. The first-order valence-electron chi connectivity index (χ1n) is 10.5. The number of piperazine rings is 1. The molecule has 0 spiro atoms. The van der Waals surface area contributed by atoms with Gasteiger partial charge in [0.15, 0.2) is 17.5 Å². The number of nitrogens with one attached hydrogen (secondary N) is 1. The van der Waals surface area contributed by atoms with E-state index in [0.29, 0.717) is 30.5 Å². The number of aromatic nitrogens is 1. The Morgan fingerprint density at radius 2 is 2.00 bits per heavy atom. The fourth-order valence-electron chi connectivity index (χ4n) is 3.69. The first-order valence-corrected chi connectivity index (χ1v) is 10.8. The van der Waals surface area contributed by atoms with Crippen molar-refractivity contribution in [1.82, 2.24) is 20.3 Å². The first-order chi connectivity index (χ1) is 14.7. The van der Waals surface area contributed by atoms with E-state index in [1.807, 2.05) is 18.2 Å². The molecule has 1 N–H and O–H groups in total. The number of halogens is 2. The topological polar surface area (TPSA) is 75.4 Å². The quantitative estimate of drug-likeness (QED) is 0.330. The second kappa shape index (κ2) is 11.8. The normalized spacial score (nSPS) is 16.7. The smallest absolute Gasteiger partial charge is 0.194 e. The first kappa shape index (κ1) is 23.9. The minimum absolute atomic E-state index is 0. The maximum atomic E-state index is 6.35. The van der Waals surface area contributed by atoms with Crippen molar-refractivity contribution >= 4 is 41.5 Å². The van der Waals surface area contributed by atoms with Crippen LogP contribution in [0.25, 0.3) is 0 Å². The molecule has 1 aromatic heterocycles. The van der Waals surface area contributed by atoms with Crippen LogP contribution in [0.2, 0.25) is 5.02 Å². The average Bonchev–Trinajstić information content (AvgIpc) is 3.27. The van der Waals surface area contributed by atoms with Crippen LogP contribution < -0.4 is 14.8 Å². The van der Waals surface area contributed by atoms with Gasteiger partial charge in [-0.25, -0.2) is 0 Å². The molecule has 0 unspecified atom stereocenters. The van der Waals surface area contributed by atoms with E-state index in [4.69, 9.17) is 30.6 Å². The van der Waals surface area contributed by atoms with E-state index in [9.17, 15) is 0 Å². The van der Waals surface area contributed by atoms with E-state index in [-0.39, 0.29) is 24.0 Å². The Balaban J connectivity index is 0.00000272. The summed E-state index contributed by atoms with van der Waals surface area (Å²) in [7, 11) is 0. The van der Waals surface area contributed by atoms with Gasteiger partial charge in [0.05, 0.1) is 10.7 Å². The van der Waals surface area contributed by atoms with Crippen molar-refractivity contribution in [1.29, 1.82) is 0 Å². The van der Waals surface area contributed by atoms with E-state index < -0.39 is 0 Å². The minimum Gasteiger partial charge on any atom is -0.486 e. The largest absolute Gasteiger partial charge is 0.486 e. The molecule has 1 saturated heterocycles. The summed E-state index contributed by atoms with van der Waals surface area (Å²) < 4.78 is 16.2. The molecule has 3 heterocycles. The number of rotatable bonds is 6. The van der Waals surface area contributed by atoms with E-state index in [2.05, 4.69) is 27.2 Å². The fraction of sp³-hybridized carbons (Fsp3) is 0.524. The third-order valence-corrected chi connectivity index (χ3v) is 5.48. The zero-order chi connectivity index (χ0) is 20.8. The van der Waals surface area contributed by atoms with Crippen LogP contribution in [0.1, 0.15) is 18.2 Å². The molecule has 0 amide bonds. The van der Waals surface area contributed by atoms with Crippen molar-refractivity contribution in [2.24, 2.45) is 4.99 Å². The third-order valence-electron chi connectivity index (χ3n) is 5.20. The average molecular weight is 562 g/mol. The van der Waals surface area contributed by atoms with Crippen LogP contribution in [0.5, 0.6) is 11.5 Å². The van der Waals surface area contributed by atoms with Crippen molar-refractivity contribution in [3.8, 4) is 11.5 Å². The van der Waals surface area contributed by atoms with E-state index in [1.54, 1.807) is 6.26 Å². The summed E-state index contributed by atoms with van der Waals surface area (Å²) in [6.07, 6.45) is 2.41. The van der Waals surface area contributed by atoms with Crippen LogP contribution in [0.15, 0.2) is 34.0 Å². The summed E-state index contributed by atoms with van der Waals surface area (Å²) in [6, 6.07) is 5.87. The van der Waals surface area contributed by atoms with Gasteiger partial charge in [0, 0.05) is 51.9 Å². The molecule has 2 aliphatic rings. The lowest BCUT2D eigenvalue weighted by molar-refractivity contribution is 0.169. The van der Waals surface area contributed by atoms with Crippen LogP contribution in [-0.2, 0) is 13.0 Å². The Morgan fingerprint density at radius 3 is 2.74 bits per heavy atom. The van der Waals surface area contributed by atoms with Gasteiger partial charge < -0.3 is 24.2 Å². The second-order valence-corrected chi connectivity index (χ2v) is 7.75. The maximum Gasteiger partial charge on any atom is 0.194 e. The van der Waals surface area contributed by atoms with Crippen molar-refractivity contribution in [2.75, 3.05) is 52.5 Å². The Bertz CT molecular complexity index is 857. The zero-order valence-corrected chi connectivity index (χ0v) is 20.8. The predicted octanol–water partition coefficient (Wildman–Crippen LogP) is 3.04. The van der Waals surface area contributed by atoms with Gasteiger partial charge in [-0.15, -0.1) is 24.0 Å². The van der Waals surface area contributed by atoms with Crippen molar-refractivity contribution < 1.29 is 14.0 Å². The van der Waals surface area contributed by atoms with Gasteiger partial charge >= 0.3 is 0 Å². The summed E-state index contributed by atoms with van der Waals surface area (Å²) in [6.45, 7) is 9.32. The molecular formula is C21H29ClIN5O3. The standard InChI is InChI=1S/C21H28ClN5O3.HI/c1-2-23-21(27-8-6-26(7-9-27)15-17-4-10-30-25-17)24-5-3-16-13-18(22)20-19(14-16)28-11-12-29-20;/h4,10,13-14H,2-3,5-9,11-12,15H2,1H3,(H,23,24);1H. The fourth-order valence-corrected chi connectivity index (χ4v) is 3.98. The van der Waals surface area contributed by atoms with Crippen LogP contribution in [0.3, 0.4) is 0 Å². The lowest BCUT2D eigenvalue weighted by atomic mass is 10.1. The molecular weight excluding hydrogens is 533 g/mol. The van der Waals surface area contributed by atoms with Crippen LogP contribution >= 0.6 is 35.6 Å². The SMILES string of the molecule is CCNC(=NCCc1cc(Cl)c2c(c1)OCCO2)N1CCN(Cc2ccon2)CC1.I. The van der Waals surface area contributed by atoms with Gasteiger partial charge in [0.25, 0.3) is 0 Å². The van der Waals surface area contributed by atoms with Gasteiger partial charge in [0.2, 0.25) is 0 Å². The van der Waals surface area contributed by atoms with E-state index >= 15 is 0 Å². The predicted molar refractivity (Wildman–Crippen MR) is 131 cm³/mol. The summed E-state index contributed by atoms with van der Waals surface area (Å²) in [5.74, 6) is 2.33. The number of benzene rings is 1. The minimum atomic E-state index is 0. The zero-order valence-electron chi connectivity index (χ0n) is 17.7. The number of nitrogens with zero attached hydrogens (tertiary/aromatic N) is 4. The van der Waals surface area contributed by atoms with Gasteiger partial charge in [-0.05, 0) is 31.0 Å². The molecule has 10 heteroatoms. The lowest BCUT2D eigenvalue weighted by Crippen LogP contribution is -2.52. The van der Waals surface area contributed by atoms with E-state index in [1.165, 1.54) is 0 Å². The Labute approximate surface area is 204 Å². The van der Waals surface area contributed by atoms with Gasteiger partial charge in [-0.3, -0.25) is 9.89 Å². The highest BCUT2D eigenvalue weighted by Gasteiger charge is 2.20. The molecule has 4 rings (SSSR count). The molecule has 31 heavy (non-hydrogen) atoms. The highest BCUT2D eigenvalue weighted by Crippen LogP contribution is 2.38. The summed E-state index contributed by atoms with van der Waals surface area (Å²) in [4.78, 5) is 9.55. The molecule has 170 valence electrons. The molecule has 0 saturated carbocycles. The molecule has 8 nitrogen and oxygen atoms in total. The number of aliphatic imine (C=N–C) groups is 1. The van der Waals surface area contributed by atoms with Gasteiger partial charge in [-0.2, -0.15) is 0 Å². The molecule has 1 aromatic carbocycles. The molecule has 0 bridgehead atoms. The van der Waals surface area contributed by atoms with Gasteiger partial charge in [0.1, 0.15) is 19.5 Å². The van der Waals surface area contributed by atoms with Crippen LogP contribution in [0, 0.1) is 0 Å². The van der Waals surface area contributed by atoms with Crippen LogP contribution in [0.4, 0.5) is 0 Å². The van der Waals surface area contributed by atoms with Crippen molar-refractivity contribution in [3.63, 3.8) is 0 Å². The van der Waals surface area contributed by atoms with Crippen molar-refractivity contribution in [3.05, 3.63) is 40.7 Å². The highest BCUT2D eigenvalue weighted by atomic mass is 127.